The first kappa shape index (κ1) is 18.5. The SMILES string of the molecule is O=CNC1Nc2ccc(-c3c(Cl)c(F)c(N4CCNCC4)c4[nH]ncc34)cc2S1. The highest BCUT2D eigenvalue weighted by molar-refractivity contribution is 8.00. The van der Waals surface area contributed by atoms with Crippen molar-refractivity contribution < 1.29 is 9.18 Å². The van der Waals surface area contributed by atoms with Gasteiger partial charge in [-0.15, -0.1) is 0 Å². The van der Waals surface area contributed by atoms with Gasteiger partial charge >= 0.3 is 0 Å². The van der Waals surface area contributed by atoms with Crippen LogP contribution in [0, 0.1) is 5.82 Å². The van der Waals surface area contributed by atoms with Crippen LogP contribution in [0.5, 0.6) is 0 Å². The summed E-state index contributed by atoms with van der Waals surface area (Å²) in [6, 6.07) is 5.76. The molecule has 150 valence electrons. The van der Waals surface area contributed by atoms with Crippen LogP contribution in [0.25, 0.3) is 22.0 Å². The standard InChI is InChI=1S/C19H18ClFN6OS/c20-15-14(10-1-2-12-13(7-10)29-19(25-12)23-9-28)11-8-24-26-17(11)18(16(15)21)27-5-3-22-4-6-27/h1-2,7-9,19,22,25H,3-6H2,(H,23,28)(H,24,26). The molecule has 7 nitrogen and oxygen atoms in total. The van der Waals surface area contributed by atoms with Crippen LogP contribution in [0.4, 0.5) is 15.8 Å². The number of nitrogens with zero attached hydrogens (tertiary/aromatic N) is 2. The summed E-state index contributed by atoms with van der Waals surface area (Å²) in [5.41, 5.74) is 3.22. The fraction of sp³-hybridized carbons (Fsp3) is 0.263. The van der Waals surface area contributed by atoms with Gasteiger partial charge in [0.05, 0.1) is 22.4 Å². The lowest BCUT2D eigenvalue weighted by molar-refractivity contribution is -0.109. The zero-order chi connectivity index (χ0) is 20.0. The van der Waals surface area contributed by atoms with E-state index in [0.717, 1.165) is 34.6 Å². The molecule has 4 N–H and O–H groups in total. The number of piperazine rings is 1. The summed E-state index contributed by atoms with van der Waals surface area (Å²) in [5.74, 6) is -0.438. The number of carbonyl (C=O) groups excluding carboxylic acids is 1. The summed E-state index contributed by atoms with van der Waals surface area (Å²) in [6.07, 6.45) is 2.35. The molecule has 3 heterocycles. The minimum absolute atomic E-state index is 0.0888. The van der Waals surface area contributed by atoms with Gasteiger partial charge in [-0.2, -0.15) is 5.10 Å². The molecule has 1 saturated heterocycles. The number of aromatic amines is 1. The van der Waals surface area contributed by atoms with Crippen molar-refractivity contribution in [3.63, 3.8) is 0 Å². The van der Waals surface area contributed by atoms with Crippen LogP contribution in [0.3, 0.4) is 0 Å². The predicted molar refractivity (Wildman–Crippen MR) is 114 cm³/mol. The Balaban J connectivity index is 1.62. The van der Waals surface area contributed by atoms with Crippen LogP contribution in [0.1, 0.15) is 0 Å². The van der Waals surface area contributed by atoms with Crippen molar-refractivity contribution in [1.29, 1.82) is 0 Å². The molecule has 1 amide bonds. The molecule has 1 fully saturated rings. The van der Waals surface area contributed by atoms with Crippen LogP contribution in [0.2, 0.25) is 5.02 Å². The molecule has 3 aromatic rings. The maximum Gasteiger partial charge on any atom is 0.209 e. The van der Waals surface area contributed by atoms with E-state index in [1.54, 1.807) is 6.20 Å². The largest absolute Gasteiger partial charge is 0.365 e. The molecule has 0 radical (unpaired) electrons. The highest BCUT2D eigenvalue weighted by Crippen LogP contribution is 2.45. The Morgan fingerprint density at radius 3 is 2.97 bits per heavy atom. The van der Waals surface area contributed by atoms with Gasteiger partial charge in [0, 0.05) is 42.0 Å². The molecular formula is C19H18ClFN6OS. The zero-order valence-corrected chi connectivity index (χ0v) is 16.8. The second-order valence-electron chi connectivity index (χ2n) is 6.88. The minimum atomic E-state index is -0.438. The first-order chi connectivity index (χ1) is 14.2. The quantitative estimate of drug-likeness (QED) is 0.474. The van der Waals surface area contributed by atoms with Crippen LogP contribution < -0.4 is 20.9 Å². The van der Waals surface area contributed by atoms with Crippen LogP contribution >= 0.6 is 23.4 Å². The monoisotopic (exact) mass is 432 g/mol. The Bertz CT molecular complexity index is 1100. The van der Waals surface area contributed by atoms with Crippen molar-refractivity contribution in [3.8, 4) is 11.1 Å². The number of aromatic nitrogens is 2. The average molecular weight is 433 g/mol. The fourth-order valence-corrected chi connectivity index (χ4v) is 5.21. The summed E-state index contributed by atoms with van der Waals surface area (Å²) in [6.45, 7) is 2.99. The van der Waals surface area contributed by atoms with Crippen LogP contribution in [0.15, 0.2) is 29.3 Å². The second-order valence-corrected chi connectivity index (χ2v) is 8.41. The number of halogens is 2. The number of benzene rings is 2. The Labute approximate surface area is 175 Å². The van der Waals surface area contributed by atoms with Gasteiger partial charge < -0.3 is 20.9 Å². The van der Waals surface area contributed by atoms with Crippen LogP contribution in [-0.4, -0.2) is 48.3 Å². The van der Waals surface area contributed by atoms with Gasteiger partial charge in [-0.3, -0.25) is 9.89 Å². The van der Waals surface area contributed by atoms with E-state index >= 15 is 4.39 Å². The summed E-state index contributed by atoms with van der Waals surface area (Å²) >= 11 is 8.06. The number of hydrogen-bond donors (Lipinski definition) is 4. The van der Waals surface area contributed by atoms with Gasteiger partial charge in [0.15, 0.2) is 11.3 Å². The maximum absolute atomic E-state index is 15.5. The summed E-state index contributed by atoms with van der Waals surface area (Å²) in [4.78, 5) is 13.7. The van der Waals surface area contributed by atoms with Gasteiger partial charge in [-0.05, 0) is 17.7 Å². The third-order valence-electron chi connectivity index (χ3n) is 5.22. The number of hydrogen-bond acceptors (Lipinski definition) is 6. The van der Waals surface area contributed by atoms with E-state index in [1.807, 2.05) is 23.1 Å². The van der Waals surface area contributed by atoms with E-state index in [1.165, 1.54) is 11.8 Å². The van der Waals surface area contributed by atoms with Gasteiger partial charge in [0.2, 0.25) is 6.41 Å². The third kappa shape index (κ3) is 3.09. The lowest BCUT2D eigenvalue weighted by atomic mass is 9.99. The first-order valence-corrected chi connectivity index (χ1v) is 10.5. The summed E-state index contributed by atoms with van der Waals surface area (Å²) < 4.78 is 15.5. The van der Waals surface area contributed by atoms with E-state index in [-0.39, 0.29) is 10.5 Å². The number of nitrogens with one attached hydrogen (secondary N) is 4. The van der Waals surface area contributed by atoms with Gasteiger partial charge in [-0.1, -0.05) is 29.4 Å². The van der Waals surface area contributed by atoms with Crippen molar-refractivity contribution in [3.05, 3.63) is 35.2 Å². The highest BCUT2D eigenvalue weighted by Gasteiger charge is 2.27. The molecule has 1 aromatic heterocycles. The number of anilines is 2. The molecule has 2 aromatic carbocycles. The normalized spacial score (nSPS) is 18.6. The highest BCUT2D eigenvalue weighted by atomic mass is 35.5. The molecular weight excluding hydrogens is 415 g/mol. The lowest BCUT2D eigenvalue weighted by Gasteiger charge is -2.30. The first-order valence-electron chi connectivity index (χ1n) is 9.24. The molecule has 0 saturated carbocycles. The van der Waals surface area contributed by atoms with E-state index in [2.05, 4.69) is 26.1 Å². The van der Waals surface area contributed by atoms with Gasteiger partial charge in [0.25, 0.3) is 0 Å². The van der Waals surface area contributed by atoms with E-state index < -0.39 is 5.82 Å². The van der Waals surface area contributed by atoms with E-state index in [9.17, 15) is 4.79 Å². The predicted octanol–water partition coefficient (Wildman–Crippen LogP) is 2.98. The molecule has 29 heavy (non-hydrogen) atoms. The van der Waals surface area contributed by atoms with Crippen molar-refractivity contribution in [2.75, 3.05) is 36.4 Å². The molecule has 2 aliphatic heterocycles. The van der Waals surface area contributed by atoms with Gasteiger partial charge in [-0.25, -0.2) is 4.39 Å². The Morgan fingerprint density at radius 1 is 1.34 bits per heavy atom. The van der Waals surface area contributed by atoms with Crippen molar-refractivity contribution >= 4 is 52.1 Å². The van der Waals surface area contributed by atoms with Crippen molar-refractivity contribution in [1.82, 2.24) is 20.8 Å². The molecule has 2 aliphatic rings. The Hall–Kier alpha value is -2.49. The molecule has 1 atom stereocenters. The van der Waals surface area contributed by atoms with Gasteiger partial charge in [0.1, 0.15) is 5.69 Å². The fourth-order valence-electron chi connectivity index (χ4n) is 3.90. The molecule has 0 spiro atoms. The molecule has 1 unspecified atom stereocenters. The second kappa shape index (κ2) is 7.40. The molecule has 5 rings (SSSR count). The number of rotatable bonds is 4. The van der Waals surface area contributed by atoms with Crippen molar-refractivity contribution in [2.24, 2.45) is 0 Å². The number of amides is 1. The zero-order valence-electron chi connectivity index (χ0n) is 15.3. The van der Waals surface area contributed by atoms with Crippen LogP contribution in [-0.2, 0) is 4.79 Å². The maximum atomic E-state index is 15.5. The number of fused-ring (bicyclic) bond motifs is 2. The lowest BCUT2D eigenvalue weighted by Crippen LogP contribution is -2.44. The minimum Gasteiger partial charge on any atom is -0.365 e. The third-order valence-corrected chi connectivity index (χ3v) is 6.66. The van der Waals surface area contributed by atoms with E-state index in [4.69, 9.17) is 11.6 Å². The molecule has 10 heteroatoms. The number of carbonyl (C=O) groups is 1. The van der Waals surface area contributed by atoms with E-state index in [0.29, 0.717) is 36.3 Å². The average Bonchev–Trinajstić information content (AvgIpc) is 3.36. The Kier molecular flexibility index (Phi) is 4.73. The smallest absolute Gasteiger partial charge is 0.209 e. The Morgan fingerprint density at radius 2 is 2.17 bits per heavy atom. The van der Waals surface area contributed by atoms with Crippen molar-refractivity contribution in [2.45, 2.75) is 10.4 Å². The molecule has 0 bridgehead atoms. The summed E-state index contributed by atoms with van der Waals surface area (Å²) in [7, 11) is 0. The number of H-pyrrole nitrogens is 1. The molecule has 0 aliphatic carbocycles. The topological polar surface area (TPSA) is 85.1 Å². The summed E-state index contributed by atoms with van der Waals surface area (Å²) in [5, 5.41) is 17.2. The number of thioether (sulfide) groups is 1.